The summed E-state index contributed by atoms with van der Waals surface area (Å²) in [7, 11) is 1.30. The van der Waals surface area contributed by atoms with Crippen LogP contribution >= 0.6 is 0 Å². The number of methoxy groups -OCH3 is 1. The largest absolute Gasteiger partial charge is 0.486 e. The van der Waals surface area contributed by atoms with Gasteiger partial charge in [0.05, 0.1) is 24.8 Å². The van der Waals surface area contributed by atoms with Crippen LogP contribution in [0.1, 0.15) is 40.0 Å². The second kappa shape index (κ2) is 9.64. The van der Waals surface area contributed by atoms with Crippen molar-refractivity contribution in [3.8, 4) is 11.5 Å². The number of carbonyl (C=O) groups is 2. The summed E-state index contributed by atoms with van der Waals surface area (Å²) in [5.74, 6) is 0.907. The van der Waals surface area contributed by atoms with Crippen molar-refractivity contribution in [3.05, 3.63) is 66.0 Å². The monoisotopic (exact) mass is 422 g/mol. The third-order valence-electron chi connectivity index (χ3n) is 5.59. The van der Waals surface area contributed by atoms with Crippen LogP contribution in [-0.4, -0.2) is 54.7 Å². The lowest BCUT2D eigenvalue weighted by Crippen LogP contribution is -2.46. The molecule has 7 nitrogen and oxygen atoms in total. The van der Waals surface area contributed by atoms with E-state index in [2.05, 4.69) is 17.1 Å². The Kier molecular flexibility index (Phi) is 6.50. The Labute approximate surface area is 181 Å². The van der Waals surface area contributed by atoms with Crippen molar-refractivity contribution >= 4 is 11.9 Å². The van der Waals surface area contributed by atoms with E-state index in [0.29, 0.717) is 37.1 Å². The number of rotatable bonds is 6. The molecule has 31 heavy (non-hydrogen) atoms. The molecule has 2 aliphatic rings. The van der Waals surface area contributed by atoms with Gasteiger partial charge in [-0.1, -0.05) is 24.3 Å². The molecule has 2 unspecified atom stereocenters. The van der Waals surface area contributed by atoms with Crippen molar-refractivity contribution in [2.75, 3.05) is 26.8 Å². The van der Waals surface area contributed by atoms with Crippen LogP contribution in [0.3, 0.4) is 0 Å². The van der Waals surface area contributed by atoms with Gasteiger partial charge in [-0.2, -0.15) is 0 Å². The van der Waals surface area contributed by atoms with Crippen molar-refractivity contribution < 1.29 is 23.8 Å². The SMILES string of the molecule is COC(=O)c1ccncc1C(=O)N(CC1CC=CCC1)CC1COc2ccccc2O1. The van der Waals surface area contributed by atoms with Gasteiger partial charge in [-0.3, -0.25) is 9.78 Å². The molecule has 4 rings (SSSR count). The third kappa shape index (κ3) is 4.87. The maximum atomic E-state index is 13.5. The van der Waals surface area contributed by atoms with Crippen LogP contribution in [0.2, 0.25) is 0 Å². The lowest BCUT2D eigenvalue weighted by Gasteiger charge is -2.34. The number of aromatic nitrogens is 1. The molecule has 2 heterocycles. The number of para-hydroxylation sites is 2. The number of fused-ring (bicyclic) bond motifs is 1. The predicted octanol–water partition coefficient (Wildman–Crippen LogP) is 3.51. The van der Waals surface area contributed by atoms with E-state index in [0.717, 1.165) is 19.3 Å². The molecule has 0 spiro atoms. The number of allylic oxidation sites excluding steroid dienone is 2. The Morgan fingerprint density at radius 3 is 2.74 bits per heavy atom. The zero-order chi connectivity index (χ0) is 21.6. The highest BCUT2D eigenvalue weighted by atomic mass is 16.6. The van der Waals surface area contributed by atoms with Crippen LogP contribution in [0.4, 0.5) is 0 Å². The number of esters is 1. The van der Waals surface area contributed by atoms with Crippen LogP contribution in [0.15, 0.2) is 54.9 Å². The van der Waals surface area contributed by atoms with E-state index in [4.69, 9.17) is 14.2 Å². The minimum Gasteiger partial charge on any atom is -0.486 e. The minimum absolute atomic E-state index is 0.210. The van der Waals surface area contributed by atoms with Gasteiger partial charge >= 0.3 is 5.97 Å². The number of carbonyl (C=O) groups excluding carboxylic acids is 2. The first kappa shape index (κ1) is 20.9. The fourth-order valence-electron chi connectivity index (χ4n) is 4.00. The molecule has 2 atom stereocenters. The van der Waals surface area contributed by atoms with Gasteiger partial charge < -0.3 is 19.1 Å². The fraction of sp³-hybridized carbons (Fsp3) is 0.375. The molecule has 162 valence electrons. The van der Waals surface area contributed by atoms with Crippen LogP contribution in [0.25, 0.3) is 0 Å². The molecule has 0 saturated carbocycles. The number of amides is 1. The number of benzene rings is 1. The van der Waals surface area contributed by atoms with Gasteiger partial charge in [0.1, 0.15) is 6.61 Å². The molecule has 0 radical (unpaired) electrons. The summed E-state index contributed by atoms with van der Waals surface area (Å²) in [6.45, 7) is 1.27. The first-order valence-electron chi connectivity index (χ1n) is 10.5. The van der Waals surface area contributed by atoms with Gasteiger partial charge in [0.2, 0.25) is 0 Å². The lowest BCUT2D eigenvalue weighted by molar-refractivity contribution is 0.0416. The van der Waals surface area contributed by atoms with Gasteiger partial charge in [0.25, 0.3) is 5.91 Å². The van der Waals surface area contributed by atoms with Crippen LogP contribution < -0.4 is 9.47 Å². The van der Waals surface area contributed by atoms with E-state index in [1.165, 1.54) is 25.6 Å². The van der Waals surface area contributed by atoms with Crippen LogP contribution in [0, 0.1) is 5.92 Å². The van der Waals surface area contributed by atoms with Gasteiger partial charge in [-0.15, -0.1) is 0 Å². The van der Waals surface area contributed by atoms with Gasteiger partial charge in [-0.25, -0.2) is 4.79 Å². The second-order valence-electron chi connectivity index (χ2n) is 7.77. The van der Waals surface area contributed by atoms with Crippen molar-refractivity contribution in [1.82, 2.24) is 9.88 Å². The molecule has 1 amide bonds. The maximum absolute atomic E-state index is 13.5. The molecule has 2 aromatic rings. The topological polar surface area (TPSA) is 78.0 Å². The molecule has 1 aromatic heterocycles. The summed E-state index contributed by atoms with van der Waals surface area (Å²) in [5, 5.41) is 0. The predicted molar refractivity (Wildman–Crippen MR) is 114 cm³/mol. The van der Waals surface area contributed by atoms with E-state index in [9.17, 15) is 9.59 Å². The molecule has 0 fully saturated rings. The molecule has 7 heteroatoms. The molecular formula is C24H26N2O5. The van der Waals surface area contributed by atoms with E-state index >= 15 is 0 Å². The quantitative estimate of drug-likeness (QED) is 0.524. The second-order valence-corrected chi connectivity index (χ2v) is 7.77. The highest BCUT2D eigenvalue weighted by Crippen LogP contribution is 2.31. The Balaban J connectivity index is 1.57. The van der Waals surface area contributed by atoms with Crippen molar-refractivity contribution in [3.63, 3.8) is 0 Å². The summed E-state index contributed by atoms with van der Waals surface area (Å²) < 4.78 is 16.8. The molecule has 1 aliphatic carbocycles. The standard InChI is InChI=1S/C24H26N2O5/c1-29-24(28)19-11-12-25-13-20(19)23(27)26(14-17-7-3-2-4-8-17)15-18-16-30-21-9-5-6-10-22(21)31-18/h2-3,5-6,9-13,17-18H,4,7-8,14-16H2,1H3. The molecule has 0 saturated heterocycles. The molecular weight excluding hydrogens is 396 g/mol. The summed E-state index contributed by atoms with van der Waals surface area (Å²) >= 11 is 0. The van der Waals surface area contributed by atoms with E-state index in [-0.39, 0.29) is 23.1 Å². The Hall–Kier alpha value is -3.35. The van der Waals surface area contributed by atoms with Crippen LogP contribution in [-0.2, 0) is 4.74 Å². The zero-order valence-corrected chi connectivity index (χ0v) is 17.5. The van der Waals surface area contributed by atoms with Crippen LogP contribution in [0.5, 0.6) is 11.5 Å². The number of ether oxygens (including phenoxy) is 3. The highest BCUT2D eigenvalue weighted by molar-refractivity contribution is 6.05. The molecule has 0 N–H and O–H groups in total. The van der Waals surface area contributed by atoms with E-state index < -0.39 is 5.97 Å². The third-order valence-corrected chi connectivity index (χ3v) is 5.59. The summed E-state index contributed by atoms with van der Waals surface area (Å²) in [6.07, 6.45) is 9.88. The molecule has 1 aliphatic heterocycles. The maximum Gasteiger partial charge on any atom is 0.338 e. The average Bonchev–Trinajstić information content (AvgIpc) is 2.83. The normalized spacial score (nSPS) is 19.5. The Bertz CT molecular complexity index is 974. The van der Waals surface area contributed by atoms with Crippen molar-refractivity contribution in [1.29, 1.82) is 0 Å². The average molecular weight is 422 g/mol. The summed E-state index contributed by atoms with van der Waals surface area (Å²) in [6, 6.07) is 9.01. The molecule has 1 aromatic carbocycles. The first-order valence-corrected chi connectivity index (χ1v) is 10.5. The van der Waals surface area contributed by atoms with E-state index in [1.807, 2.05) is 24.3 Å². The number of hydrogen-bond donors (Lipinski definition) is 0. The van der Waals surface area contributed by atoms with E-state index in [1.54, 1.807) is 4.90 Å². The zero-order valence-electron chi connectivity index (χ0n) is 17.5. The van der Waals surface area contributed by atoms with Crippen molar-refractivity contribution in [2.24, 2.45) is 5.92 Å². The van der Waals surface area contributed by atoms with Gasteiger partial charge in [0, 0.05) is 18.9 Å². The lowest BCUT2D eigenvalue weighted by atomic mass is 9.93. The fourth-order valence-corrected chi connectivity index (χ4v) is 4.00. The Morgan fingerprint density at radius 2 is 1.97 bits per heavy atom. The number of pyridine rings is 1. The van der Waals surface area contributed by atoms with Crippen molar-refractivity contribution in [2.45, 2.75) is 25.4 Å². The number of nitrogens with zero attached hydrogens (tertiary/aromatic N) is 2. The molecule has 0 bridgehead atoms. The highest BCUT2D eigenvalue weighted by Gasteiger charge is 2.30. The summed E-state index contributed by atoms with van der Waals surface area (Å²) in [5.41, 5.74) is 0.444. The number of hydrogen-bond acceptors (Lipinski definition) is 6. The van der Waals surface area contributed by atoms with Gasteiger partial charge in [0.15, 0.2) is 17.6 Å². The minimum atomic E-state index is -0.558. The smallest absolute Gasteiger partial charge is 0.338 e. The summed E-state index contributed by atoms with van der Waals surface area (Å²) in [4.78, 5) is 31.6. The first-order chi connectivity index (χ1) is 15.2. The Morgan fingerprint density at radius 1 is 1.13 bits per heavy atom. The van der Waals surface area contributed by atoms with Gasteiger partial charge in [-0.05, 0) is 43.4 Å².